The van der Waals surface area contributed by atoms with E-state index >= 15 is 0 Å². The molecule has 1 aromatic rings. The second kappa shape index (κ2) is 6.79. The fraction of sp³-hybridized carbons (Fsp3) is 0.455. The normalized spacial score (nSPS) is 10.1. The van der Waals surface area contributed by atoms with Crippen LogP contribution in [-0.2, 0) is 11.3 Å². The lowest BCUT2D eigenvalue weighted by Gasteiger charge is -2.05. The van der Waals surface area contributed by atoms with E-state index < -0.39 is 0 Å². The first kappa shape index (κ1) is 12.4. The standard InChI is InChI=1S/C11H17N3O2/c12-13-11(16)4-2-1-3-7-14-8-5-10(15)6-9-14/h5-6,8-9H,1-4,7,12H2,(H,13,16). The van der Waals surface area contributed by atoms with Crippen LogP contribution in [0.15, 0.2) is 29.3 Å². The largest absolute Gasteiger partial charge is 0.354 e. The maximum atomic E-state index is 10.8. The molecule has 0 fully saturated rings. The van der Waals surface area contributed by atoms with Gasteiger partial charge < -0.3 is 4.57 Å². The molecule has 1 aromatic heterocycles. The molecule has 0 radical (unpaired) electrons. The van der Waals surface area contributed by atoms with Gasteiger partial charge in [0.2, 0.25) is 5.91 Å². The van der Waals surface area contributed by atoms with Gasteiger partial charge in [0, 0.05) is 37.5 Å². The quantitative estimate of drug-likeness (QED) is 0.317. The van der Waals surface area contributed by atoms with E-state index in [1.165, 1.54) is 0 Å². The number of nitrogens with one attached hydrogen (secondary N) is 1. The van der Waals surface area contributed by atoms with Gasteiger partial charge in [0.05, 0.1) is 0 Å². The van der Waals surface area contributed by atoms with Crippen molar-refractivity contribution in [3.05, 3.63) is 34.7 Å². The Morgan fingerprint density at radius 3 is 2.56 bits per heavy atom. The molecular formula is C11H17N3O2. The van der Waals surface area contributed by atoms with Crippen LogP contribution < -0.4 is 16.7 Å². The molecule has 1 rings (SSSR count). The number of hydrogen-bond donors (Lipinski definition) is 2. The molecule has 0 atom stereocenters. The number of pyridine rings is 1. The molecule has 1 heterocycles. The monoisotopic (exact) mass is 223 g/mol. The van der Waals surface area contributed by atoms with Crippen molar-refractivity contribution in [2.45, 2.75) is 32.2 Å². The first-order valence-corrected chi connectivity index (χ1v) is 5.38. The third-order valence-electron chi connectivity index (χ3n) is 2.34. The molecule has 0 unspecified atom stereocenters. The van der Waals surface area contributed by atoms with E-state index in [0.29, 0.717) is 6.42 Å². The number of carbonyl (C=O) groups excluding carboxylic acids is 1. The van der Waals surface area contributed by atoms with Crippen LogP contribution in [0.25, 0.3) is 0 Å². The highest BCUT2D eigenvalue weighted by Crippen LogP contribution is 2.01. The van der Waals surface area contributed by atoms with Crippen LogP contribution in [0.1, 0.15) is 25.7 Å². The summed E-state index contributed by atoms with van der Waals surface area (Å²) in [5, 5.41) is 0. The molecule has 16 heavy (non-hydrogen) atoms. The van der Waals surface area contributed by atoms with Gasteiger partial charge in [-0.3, -0.25) is 15.0 Å². The summed E-state index contributed by atoms with van der Waals surface area (Å²) in [7, 11) is 0. The summed E-state index contributed by atoms with van der Waals surface area (Å²) in [6, 6.07) is 3.09. The lowest BCUT2D eigenvalue weighted by molar-refractivity contribution is -0.121. The fourth-order valence-electron chi connectivity index (χ4n) is 1.42. The molecule has 0 aliphatic carbocycles. The lowest BCUT2D eigenvalue weighted by Crippen LogP contribution is -2.29. The van der Waals surface area contributed by atoms with Gasteiger partial charge in [-0.15, -0.1) is 0 Å². The number of hydrazine groups is 1. The third kappa shape index (κ3) is 4.75. The molecule has 0 aliphatic rings. The minimum atomic E-state index is -0.122. The van der Waals surface area contributed by atoms with Crippen molar-refractivity contribution < 1.29 is 4.79 Å². The Bertz CT molecular complexity index is 367. The number of aryl methyl sites for hydroxylation is 1. The molecule has 3 N–H and O–H groups in total. The zero-order chi connectivity index (χ0) is 11.8. The van der Waals surface area contributed by atoms with Crippen molar-refractivity contribution in [3.63, 3.8) is 0 Å². The van der Waals surface area contributed by atoms with Crippen molar-refractivity contribution in [2.24, 2.45) is 5.84 Å². The molecule has 0 saturated heterocycles. The average molecular weight is 223 g/mol. The molecule has 0 spiro atoms. The number of rotatable bonds is 6. The summed E-state index contributed by atoms with van der Waals surface area (Å²) in [5.74, 6) is 4.84. The van der Waals surface area contributed by atoms with E-state index in [0.717, 1.165) is 25.8 Å². The van der Waals surface area contributed by atoms with E-state index in [9.17, 15) is 9.59 Å². The van der Waals surface area contributed by atoms with E-state index in [1.54, 1.807) is 24.5 Å². The average Bonchev–Trinajstić information content (AvgIpc) is 2.31. The predicted octanol–water partition coefficient (Wildman–Crippen LogP) is 0.399. The summed E-state index contributed by atoms with van der Waals surface area (Å²) in [4.78, 5) is 21.6. The van der Waals surface area contributed by atoms with E-state index in [1.807, 2.05) is 4.57 Å². The highest BCUT2D eigenvalue weighted by molar-refractivity contribution is 5.74. The predicted molar refractivity (Wildman–Crippen MR) is 61.5 cm³/mol. The van der Waals surface area contributed by atoms with Crippen molar-refractivity contribution in [1.82, 2.24) is 9.99 Å². The number of nitrogens with two attached hydrogens (primary N) is 1. The third-order valence-corrected chi connectivity index (χ3v) is 2.34. The summed E-state index contributed by atoms with van der Waals surface area (Å²) in [5.41, 5.74) is 2.12. The summed E-state index contributed by atoms with van der Waals surface area (Å²) < 4.78 is 1.96. The lowest BCUT2D eigenvalue weighted by atomic mass is 10.2. The molecule has 88 valence electrons. The van der Waals surface area contributed by atoms with Crippen LogP contribution in [0.2, 0.25) is 0 Å². The number of nitrogens with zero attached hydrogens (tertiary/aromatic N) is 1. The van der Waals surface area contributed by atoms with Gasteiger partial charge in [0.15, 0.2) is 5.43 Å². The van der Waals surface area contributed by atoms with Crippen LogP contribution in [0.4, 0.5) is 0 Å². The maximum absolute atomic E-state index is 10.8. The highest BCUT2D eigenvalue weighted by atomic mass is 16.2. The first-order valence-electron chi connectivity index (χ1n) is 5.38. The topological polar surface area (TPSA) is 77.1 Å². The van der Waals surface area contributed by atoms with Gasteiger partial charge in [-0.25, -0.2) is 5.84 Å². The van der Waals surface area contributed by atoms with Gasteiger partial charge in [-0.2, -0.15) is 0 Å². The Morgan fingerprint density at radius 1 is 1.25 bits per heavy atom. The number of aromatic nitrogens is 1. The van der Waals surface area contributed by atoms with Crippen molar-refractivity contribution >= 4 is 5.91 Å². The SMILES string of the molecule is NNC(=O)CCCCCn1ccc(=O)cc1. The first-order chi connectivity index (χ1) is 7.72. The van der Waals surface area contributed by atoms with Gasteiger partial charge in [0.1, 0.15) is 0 Å². The van der Waals surface area contributed by atoms with Gasteiger partial charge in [-0.05, 0) is 12.8 Å². The second-order valence-corrected chi connectivity index (χ2v) is 3.65. The van der Waals surface area contributed by atoms with Gasteiger partial charge in [-0.1, -0.05) is 6.42 Å². The zero-order valence-corrected chi connectivity index (χ0v) is 9.19. The zero-order valence-electron chi connectivity index (χ0n) is 9.19. The highest BCUT2D eigenvalue weighted by Gasteiger charge is 1.97. The smallest absolute Gasteiger partial charge is 0.233 e. The number of amides is 1. The Morgan fingerprint density at radius 2 is 1.94 bits per heavy atom. The Kier molecular flexibility index (Phi) is 5.28. The molecule has 5 heteroatoms. The van der Waals surface area contributed by atoms with Crippen LogP contribution >= 0.6 is 0 Å². The number of carbonyl (C=O) groups is 1. The summed E-state index contributed by atoms with van der Waals surface area (Å²) >= 11 is 0. The second-order valence-electron chi connectivity index (χ2n) is 3.65. The van der Waals surface area contributed by atoms with E-state index in [4.69, 9.17) is 5.84 Å². The van der Waals surface area contributed by atoms with E-state index in [2.05, 4.69) is 5.43 Å². The maximum Gasteiger partial charge on any atom is 0.233 e. The molecule has 0 saturated carbocycles. The summed E-state index contributed by atoms with van der Waals surface area (Å²) in [6.07, 6.45) is 6.81. The van der Waals surface area contributed by atoms with E-state index in [-0.39, 0.29) is 11.3 Å². The van der Waals surface area contributed by atoms with Crippen molar-refractivity contribution in [3.8, 4) is 0 Å². The van der Waals surface area contributed by atoms with Crippen LogP contribution in [0, 0.1) is 0 Å². The number of unbranched alkanes of at least 4 members (excludes halogenated alkanes) is 2. The van der Waals surface area contributed by atoms with Crippen LogP contribution in [0.5, 0.6) is 0 Å². The Labute approximate surface area is 94.2 Å². The molecule has 0 bridgehead atoms. The minimum Gasteiger partial charge on any atom is -0.354 e. The van der Waals surface area contributed by atoms with Gasteiger partial charge in [0.25, 0.3) is 0 Å². The van der Waals surface area contributed by atoms with Crippen molar-refractivity contribution in [1.29, 1.82) is 0 Å². The van der Waals surface area contributed by atoms with Crippen molar-refractivity contribution in [2.75, 3.05) is 0 Å². The van der Waals surface area contributed by atoms with Crippen LogP contribution in [-0.4, -0.2) is 10.5 Å². The fourth-order valence-corrected chi connectivity index (χ4v) is 1.42. The number of hydrogen-bond acceptors (Lipinski definition) is 3. The Hall–Kier alpha value is -1.62. The Balaban J connectivity index is 2.14. The molecule has 0 aliphatic heterocycles. The molecular weight excluding hydrogens is 206 g/mol. The van der Waals surface area contributed by atoms with Gasteiger partial charge >= 0.3 is 0 Å². The molecule has 5 nitrogen and oxygen atoms in total. The molecule has 1 amide bonds. The summed E-state index contributed by atoms with van der Waals surface area (Å²) in [6.45, 7) is 0.866. The van der Waals surface area contributed by atoms with Crippen LogP contribution in [0.3, 0.4) is 0 Å². The minimum absolute atomic E-state index is 0.0240. The molecule has 0 aromatic carbocycles.